The zero-order chi connectivity index (χ0) is 14.2. The van der Waals surface area contributed by atoms with Gasteiger partial charge < -0.3 is 9.47 Å². The van der Waals surface area contributed by atoms with Gasteiger partial charge in [-0.2, -0.15) is 0 Å². The molecule has 0 spiro atoms. The third-order valence-corrected chi connectivity index (χ3v) is 4.56. The van der Waals surface area contributed by atoms with Gasteiger partial charge in [0.2, 0.25) is 0 Å². The van der Waals surface area contributed by atoms with Crippen molar-refractivity contribution < 1.29 is 0 Å². The van der Waals surface area contributed by atoms with Crippen LogP contribution in [0.4, 0.5) is 5.82 Å². The molecule has 4 rings (SSSR count). The number of nitrogens with zero attached hydrogens (tertiary/aromatic N) is 5. The number of fused-ring (bicyclic) bond motifs is 1. The Hall–Kier alpha value is -1.91. The first-order chi connectivity index (χ1) is 10.3. The predicted octanol–water partition coefficient (Wildman–Crippen LogP) is 2.25. The predicted molar refractivity (Wildman–Crippen MR) is 81.3 cm³/mol. The summed E-state index contributed by atoms with van der Waals surface area (Å²) in [5.74, 6) is 4.59. The maximum Gasteiger partial charge on any atom is 0.133 e. The normalized spacial score (nSPS) is 21.1. The number of imidazole rings is 1. The standard InChI is InChI=1S/C16H21N5/c1-20(15-6-7-18-16(19-15)13-3-4-13)10-12-2-5-14-17-8-9-21(14)11-12/h6-9,12-13H,2-5,10-11H2,1H3/t12-/m0/s1. The first-order valence-electron chi connectivity index (χ1n) is 7.83. The van der Waals surface area contributed by atoms with Crippen LogP contribution in [0.25, 0.3) is 0 Å². The number of aromatic nitrogens is 4. The SMILES string of the molecule is CN(C[C@@H]1CCc2nccn2C1)c1ccnc(C2CC2)n1. The molecule has 0 N–H and O–H groups in total. The number of aryl methyl sites for hydroxylation is 1. The summed E-state index contributed by atoms with van der Waals surface area (Å²) in [7, 11) is 2.14. The summed E-state index contributed by atoms with van der Waals surface area (Å²) in [4.78, 5) is 15.8. The minimum absolute atomic E-state index is 0.613. The van der Waals surface area contributed by atoms with Gasteiger partial charge in [-0.3, -0.25) is 0 Å². The Morgan fingerprint density at radius 2 is 2.14 bits per heavy atom. The third kappa shape index (κ3) is 2.64. The van der Waals surface area contributed by atoms with Crippen LogP contribution in [0.15, 0.2) is 24.7 Å². The summed E-state index contributed by atoms with van der Waals surface area (Å²) < 4.78 is 2.29. The van der Waals surface area contributed by atoms with Gasteiger partial charge in [-0.05, 0) is 31.2 Å². The molecule has 0 saturated heterocycles. The van der Waals surface area contributed by atoms with Crippen molar-refractivity contribution in [1.82, 2.24) is 19.5 Å². The zero-order valence-corrected chi connectivity index (χ0v) is 12.4. The van der Waals surface area contributed by atoms with Crippen LogP contribution >= 0.6 is 0 Å². The molecular weight excluding hydrogens is 262 g/mol. The van der Waals surface area contributed by atoms with Crippen LogP contribution in [-0.2, 0) is 13.0 Å². The first-order valence-corrected chi connectivity index (χ1v) is 7.83. The topological polar surface area (TPSA) is 46.8 Å². The van der Waals surface area contributed by atoms with Crippen molar-refractivity contribution in [2.24, 2.45) is 5.92 Å². The fourth-order valence-electron chi connectivity index (χ4n) is 3.18. The second-order valence-electron chi connectivity index (χ2n) is 6.33. The molecule has 1 saturated carbocycles. The van der Waals surface area contributed by atoms with Gasteiger partial charge in [-0.1, -0.05) is 0 Å². The first kappa shape index (κ1) is 12.8. The average molecular weight is 283 g/mol. The van der Waals surface area contributed by atoms with Crippen molar-refractivity contribution in [3.05, 3.63) is 36.3 Å². The third-order valence-electron chi connectivity index (χ3n) is 4.56. The molecule has 1 fully saturated rings. The van der Waals surface area contributed by atoms with Crippen LogP contribution in [0.3, 0.4) is 0 Å². The Morgan fingerprint density at radius 1 is 1.24 bits per heavy atom. The van der Waals surface area contributed by atoms with E-state index in [0.717, 1.165) is 31.2 Å². The summed E-state index contributed by atoms with van der Waals surface area (Å²) >= 11 is 0. The van der Waals surface area contributed by atoms with E-state index >= 15 is 0 Å². The maximum absolute atomic E-state index is 4.73. The molecule has 1 aliphatic heterocycles. The van der Waals surface area contributed by atoms with Crippen LogP contribution in [0.1, 0.15) is 36.8 Å². The Kier molecular flexibility index (Phi) is 3.13. The Bertz CT molecular complexity index is 631. The molecule has 1 atom stereocenters. The molecule has 0 aromatic carbocycles. The Morgan fingerprint density at radius 3 is 3.00 bits per heavy atom. The Labute approximate surface area is 125 Å². The van der Waals surface area contributed by atoms with Crippen LogP contribution < -0.4 is 4.90 Å². The van der Waals surface area contributed by atoms with Gasteiger partial charge in [-0.15, -0.1) is 0 Å². The molecule has 1 aliphatic carbocycles. The molecule has 2 aromatic heterocycles. The van der Waals surface area contributed by atoms with E-state index in [9.17, 15) is 0 Å². The van der Waals surface area contributed by atoms with E-state index in [4.69, 9.17) is 4.98 Å². The highest BCUT2D eigenvalue weighted by Crippen LogP contribution is 2.38. The lowest BCUT2D eigenvalue weighted by molar-refractivity contribution is 0.368. The van der Waals surface area contributed by atoms with E-state index in [1.807, 2.05) is 18.5 Å². The summed E-state index contributed by atoms with van der Waals surface area (Å²) in [6.45, 7) is 2.11. The van der Waals surface area contributed by atoms with Crippen molar-refractivity contribution in [2.45, 2.75) is 38.1 Å². The van der Waals surface area contributed by atoms with Crippen molar-refractivity contribution in [2.75, 3.05) is 18.5 Å². The minimum atomic E-state index is 0.613. The number of hydrogen-bond acceptors (Lipinski definition) is 4. The zero-order valence-electron chi connectivity index (χ0n) is 12.4. The second-order valence-corrected chi connectivity index (χ2v) is 6.33. The maximum atomic E-state index is 4.73. The van der Waals surface area contributed by atoms with Gasteiger partial charge in [0.05, 0.1) is 0 Å². The molecule has 110 valence electrons. The molecule has 0 bridgehead atoms. The van der Waals surface area contributed by atoms with Crippen molar-refractivity contribution in [1.29, 1.82) is 0 Å². The summed E-state index contributed by atoms with van der Waals surface area (Å²) in [6.07, 6.45) is 10.7. The van der Waals surface area contributed by atoms with Gasteiger partial charge in [0.1, 0.15) is 17.5 Å². The Balaban J connectivity index is 1.44. The molecule has 0 radical (unpaired) electrons. The van der Waals surface area contributed by atoms with Crippen LogP contribution in [-0.4, -0.2) is 33.1 Å². The molecule has 3 heterocycles. The van der Waals surface area contributed by atoms with Crippen LogP contribution in [0.2, 0.25) is 0 Å². The number of rotatable bonds is 4. The van der Waals surface area contributed by atoms with E-state index in [0.29, 0.717) is 11.8 Å². The number of hydrogen-bond donors (Lipinski definition) is 0. The highest BCUT2D eigenvalue weighted by molar-refractivity contribution is 5.37. The minimum Gasteiger partial charge on any atom is -0.359 e. The van der Waals surface area contributed by atoms with Crippen LogP contribution in [0.5, 0.6) is 0 Å². The number of anilines is 1. The van der Waals surface area contributed by atoms with E-state index in [1.165, 1.54) is 25.1 Å². The molecule has 2 aliphatic rings. The summed E-state index contributed by atoms with van der Waals surface area (Å²) in [5.41, 5.74) is 0. The molecule has 0 amide bonds. The quantitative estimate of drug-likeness (QED) is 0.863. The van der Waals surface area contributed by atoms with E-state index in [1.54, 1.807) is 0 Å². The molecule has 5 heteroatoms. The van der Waals surface area contributed by atoms with Gasteiger partial charge in [0.25, 0.3) is 0 Å². The monoisotopic (exact) mass is 283 g/mol. The van der Waals surface area contributed by atoms with Gasteiger partial charge in [0, 0.05) is 51.1 Å². The van der Waals surface area contributed by atoms with Crippen molar-refractivity contribution in [3.63, 3.8) is 0 Å². The highest BCUT2D eigenvalue weighted by Gasteiger charge is 2.27. The molecule has 2 aromatic rings. The molecule has 5 nitrogen and oxygen atoms in total. The van der Waals surface area contributed by atoms with E-state index < -0.39 is 0 Å². The van der Waals surface area contributed by atoms with E-state index in [-0.39, 0.29) is 0 Å². The average Bonchev–Trinajstić information content (AvgIpc) is 3.26. The summed E-state index contributed by atoms with van der Waals surface area (Å²) in [6, 6.07) is 2.03. The lowest BCUT2D eigenvalue weighted by Gasteiger charge is -2.28. The van der Waals surface area contributed by atoms with Gasteiger partial charge in [0.15, 0.2) is 0 Å². The lowest BCUT2D eigenvalue weighted by atomic mass is 9.99. The second kappa shape index (κ2) is 5.13. The smallest absolute Gasteiger partial charge is 0.133 e. The van der Waals surface area contributed by atoms with Gasteiger partial charge in [-0.25, -0.2) is 15.0 Å². The summed E-state index contributed by atoms with van der Waals surface area (Å²) in [5, 5.41) is 0. The fourth-order valence-corrected chi connectivity index (χ4v) is 3.18. The molecule has 21 heavy (non-hydrogen) atoms. The molecular formula is C16H21N5. The van der Waals surface area contributed by atoms with E-state index in [2.05, 4.69) is 32.7 Å². The molecule has 0 unspecified atom stereocenters. The van der Waals surface area contributed by atoms with Crippen molar-refractivity contribution >= 4 is 5.82 Å². The highest BCUT2D eigenvalue weighted by atomic mass is 15.2. The van der Waals surface area contributed by atoms with Crippen LogP contribution in [0, 0.1) is 5.92 Å². The largest absolute Gasteiger partial charge is 0.359 e. The van der Waals surface area contributed by atoms with Gasteiger partial charge >= 0.3 is 0 Å². The fraction of sp³-hybridized carbons (Fsp3) is 0.562. The van der Waals surface area contributed by atoms with Crippen molar-refractivity contribution in [3.8, 4) is 0 Å². The lowest BCUT2D eigenvalue weighted by Crippen LogP contribution is -2.32.